The van der Waals surface area contributed by atoms with E-state index in [1.54, 1.807) is 4.90 Å². The molecule has 1 saturated heterocycles. The number of carboxylic acid groups (broad SMARTS) is 1. The molecule has 3 atom stereocenters. The zero-order chi connectivity index (χ0) is 16.4. The average molecular weight is 315 g/mol. The lowest BCUT2D eigenvalue weighted by molar-refractivity contribution is -0.142. The topological polar surface area (TPSA) is 81.0 Å². The zero-order valence-corrected chi connectivity index (χ0v) is 13.9. The molecule has 1 fully saturated rings. The van der Waals surface area contributed by atoms with Crippen LogP contribution in [0.1, 0.15) is 71.1 Å². The third-order valence-corrected chi connectivity index (χ3v) is 4.50. The van der Waals surface area contributed by atoms with E-state index >= 15 is 0 Å². The molecule has 0 aliphatic carbocycles. The van der Waals surface area contributed by atoms with E-state index < -0.39 is 24.2 Å². The minimum Gasteiger partial charge on any atom is -0.480 e. The van der Waals surface area contributed by atoms with Gasteiger partial charge in [0.25, 0.3) is 0 Å². The number of aliphatic hydroxyl groups excluding tert-OH is 2. The standard InChI is InChI=1S/C17H33NO4/c1-2-3-4-5-6-7-8-9-10-14(19)12-18-13-15(20)11-16(18)17(21)22/h14-16,19-20H,2-13H2,1H3,(H,21,22)/t14-,15-,16+/m1/s1. The number of hydrogen-bond acceptors (Lipinski definition) is 4. The fraction of sp³-hybridized carbons (Fsp3) is 0.941. The minimum absolute atomic E-state index is 0.264. The number of β-amino-alcohol motifs (C(OH)–C–C–N with tert-alkyl or cyclic N) is 2. The van der Waals surface area contributed by atoms with Crippen LogP contribution in [-0.4, -0.2) is 57.5 Å². The molecule has 0 aromatic carbocycles. The molecular weight excluding hydrogens is 282 g/mol. The number of carbonyl (C=O) groups is 1. The van der Waals surface area contributed by atoms with E-state index in [1.807, 2.05) is 0 Å². The van der Waals surface area contributed by atoms with E-state index in [9.17, 15) is 15.0 Å². The van der Waals surface area contributed by atoms with Crippen LogP contribution in [0.2, 0.25) is 0 Å². The molecule has 1 aliphatic rings. The van der Waals surface area contributed by atoms with Gasteiger partial charge in [-0.3, -0.25) is 9.69 Å². The van der Waals surface area contributed by atoms with Gasteiger partial charge in [0, 0.05) is 19.5 Å². The molecule has 0 saturated carbocycles. The number of unbranched alkanes of at least 4 members (excludes halogenated alkanes) is 7. The molecule has 1 aliphatic heterocycles. The highest BCUT2D eigenvalue weighted by atomic mass is 16.4. The molecule has 5 heteroatoms. The summed E-state index contributed by atoms with van der Waals surface area (Å²) >= 11 is 0. The first-order valence-electron chi connectivity index (χ1n) is 8.87. The van der Waals surface area contributed by atoms with Crippen LogP contribution in [0.25, 0.3) is 0 Å². The Morgan fingerprint density at radius 3 is 2.32 bits per heavy atom. The van der Waals surface area contributed by atoms with Crippen LogP contribution in [0.5, 0.6) is 0 Å². The molecule has 0 aromatic heterocycles. The lowest BCUT2D eigenvalue weighted by atomic mass is 10.1. The molecule has 0 amide bonds. The van der Waals surface area contributed by atoms with E-state index in [1.165, 1.54) is 38.5 Å². The van der Waals surface area contributed by atoms with Crippen molar-refractivity contribution in [3.63, 3.8) is 0 Å². The second-order valence-electron chi connectivity index (χ2n) is 6.61. The highest BCUT2D eigenvalue weighted by Crippen LogP contribution is 2.19. The van der Waals surface area contributed by atoms with Crippen molar-refractivity contribution in [3.8, 4) is 0 Å². The quantitative estimate of drug-likeness (QED) is 0.482. The summed E-state index contributed by atoms with van der Waals surface area (Å²) in [6, 6.07) is -0.650. The van der Waals surface area contributed by atoms with Gasteiger partial charge < -0.3 is 15.3 Å². The summed E-state index contributed by atoms with van der Waals surface area (Å²) in [5, 5.41) is 28.7. The number of carboxylic acids is 1. The molecule has 3 N–H and O–H groups in total. The maximum Gasteiger partial charge on any atom is 0.321 e. The highest BCUT2D eigenvalue weighted by molar-refractivity contribution is 5.74. The van der Waals surface area contributed by atoms with Gasteiger partial charge in [-0.1, -0.05) is 58.3 Å². The minimum atomic E-state index is -0.907. The van der Waals surface area contributed by atoms with E-state index in [0.29, 0.717) is 19.5 Å². The predicted octanol–water partition coefficient (Wildman–Crippen LogP) is 2.40. The van der Waals surface area contributed by atoms with Gasteiger partial charge in [-0.15, -0.1) is 0 Å². The molecule has 130 valence electrons. The monoisotopic (exact) mass is 315 g/mol. The van der Waals surface area contributed by atoms with Gasteiger partial charge in [0.15, 0.2) is 0 Å². The number of hydrogen-bond donors (Lipinski definition) is 3. The molecule has 1 rings (SSSR count). The van der Waals surface area contributed by atoms with Crippen molar-refractivity contribution in [1.29, 1.82) is 0 Å². The van der Waals surface area contributed by atoms with Crippen LogP contribution in [0.4, 0.5) is 0 Å². The second-order valence-corrected chi connectivity index (χ2v) is 6.61. The van der Waals surface area contributed by atoms with E-state index in [0.717, 1.165) is 12.8 Å². The Balaban J connectivity index is 2.08. The lowest BCUT2D eigenvalue weighted by Crippen LogP contribution is -2.40. The van der Waals surface area contributed by atoms with Crippen LogP contribution >= 0.6 is 0 Å². The number of aliphatic hydroxyl groups is 2. The molecule has 0 spiro atoms. The summed E-state index contributed by atoms with van der Waals surface area (Å²) in [5.41, 5.74) is 0. The summed E-state index contributed by atoms with van der Waals surface area (Å²) in [6.45, 7) is 2.92. The van der Waals surface area contributed by atoms with Gasteiger partial charge >= 0.3 is 5.97 Å². The largest absolute Gasteiger partial charge is 0.480 e. The average Bonchev–Trinajstić information content (AvgIpc) is 2.82. The van der Waals surface area contributed by atoms with Crippen molar-refractivity contribution in [2.45, 2.75) is 89.4 Å². The number of aliphatic carboxylic acids is 1. The lowest BCUT2D eigenvalue weighted by Gasteiger charge is -2.23. The summed E-state index contributed by atoms with van der Waals surface area (Å²) in [4.78, 5) is 12.8. The van der Waals surface area contributed by atoms with Crippen molar-refractivity contribution in [3.05, 3.63) is 0 Å². The van der Waals surface area contributed by atoms with Gasteiger partial charge in [0.1, 0.15) is 6.04 Å². The van der Waals surface area contributed by atoms with E-state index in [2.05, 4.69) is 6.92 Å². The van der Waals surface area contributed by atoms with Crippen molar-refractivity contribution >= 4 is 5.97 Å². The van der Waals surface area contributed by atoms with Crippen LogP contribution in [0, 0.1) is 0 Å². The third kappa shape index (κ3) is 7.56. The summed E-state index contributed by atoms with van der Waals surface area (Å²) in [6.07, 6.45) is 9.75. The van der Waals surface area contributed by atoms with Crippen molar-refractivity contribution < 1.29 is 20.1 Å². The molecule has 0 bridgehead atoms. The molecule has 0 unspecified atom stereocenters. The first kappa shape index (κ1) is 19.4. The maximum atomic E-state index is 11.1. The summed E-state index contributed by atoms with van der Waals surface area (Å²) in [5.74, 6) is -0.907. The van der Waals surface area contributed by atoms with Gasteiger partial charge in [0.05, 0.1) is 12.2 Å². The van der Waals surface area contributed by atoms with Crippen LogP contribution in [-0.2, 0) is 4.79 Å². The normalized spacial score (nSPS) is 23.8. The van der Waals surface area contributed by atoms with Crippen molar-refractivity contribution in [2.24, 2.45) is 0 Å². The molecule has 22 heavy (non-hydrogen) atoms. The fourth-order valence-corrected chi connectivity index (χ4v) is 3.21. The first-order chi connectivity index (χ1) is 10.5. The Labute approximate surface area is 134 Å². The molecule has 1 heterocycles. The number of likely N-dealkylation sites (tertiary alicyclic amines) is 1. The Morgan fingerprint density at radius 2 is 1.73 bits per heavy atom. The number of nitrogens with zero attached hydrogens (tertiary/aromatic N) is 1. The van der Waals surface area contributed by atoms with Gasteiger partial charge in [-0.2, -0.15) is 0 Å². The number of rotatable bonds is 12. The first-order valence-corrected chi connectivity index (χ1v) is 8.87. The zero-order valence-electron chi connectivity index (χ0n) is 13.9. The Kier molecular flexibility index (Phi) is 9.68. The predicted molar refractivity (Wildman–Crippen MR) is 86.9 cm³/mol. The van der Waals surface area contributed by atoms with Crippen LogP contribution in [0.3, 0.4) is 0 Å². The third-order valence-electron chi connectivity index (χ3n) is 4.50. The molecular formula is C17H33NO4. The second kappa shape index (κ2) is 11.0. The van der Waals surface area contributed by atoms with Gasteiger partial charge in [-0.25, -0.2) is 0 Å². The SMILES string of the molecule is CCCCCCCCCC[C@@H](O)CN1C[C@H](O)C[C@H]1C(=O)O. The van der Waals surface area contributed by atoms with Gasteiger partial charge in [-0.05, 0) is 6.42 Å². The van der Waals surface area contributed by atoms with E-state index in [-0.39, 0.29) is 6.42 Å². The Morgan fingerprint density at radius 1 is 1.14 bits per heavy atom. The summed E-state index contributed by atoms with van der Waals surface area (Å²) < 4.78 is 0. The highest BCUT2D eigenvalue weighted by Gasteiger charge is 2.36. The Hall–Kier alpha value is -0.650. The van der Waals surface area contributed by atoms with Crippen molar-refractivity contribution in [2.75, 3.05) is 13.1 Å². The van der Waals surface area contributed by atoms with Crippen LogP contribution < -0.4 is 0 Å². The maximum absolute atomic E-state index is 11.1. The van der Waals surface area contributed by atoms with Gasteiger partial charge in [0.2, 0.25) is 0 Å². The smallest absolute Gasteiger partial charge is 0.321 e. The molecule has 0 aromatic rings. The molecule has 5 nitrogen and oxygen atoms in total. The Bertz CT molecular complexity index is 311. The summed E-state index contributed by atoms with van der Waals surface area (Å²) in [7, 11) is 0. The van der Waals surface area contributed by atoms with Crippen molar-refractivity contribution in [1.82, 2.24) is 4.90 Å². The van der Waals surface area contributed by atoms with E-state index in [4.69, 9.17) is 5.11 Å². The molecule has 0 radical (unpaired) electrons. The van der Waals surface area contributed by atoms with Crippen LogP contribution in [0.15, 0.2) is 0 Å². The fourth-order valence-electron chi connectivity index (χ4n) is 3.21.